The van der Waals surface area contributed by atoms with Gasteiger partial charge in [0.15, 0.2) is 0 Å². The Morgan fingerprint density at radius 1 is 1.44 bits per heavy atom. The Morgan fingerprint density at radius 2 is 2.25 bits per heavy atom. The molecule has 16 heavy (non-hydrogen) atoms. The first kappa shape index (κ1) is 11.6. The van der Waals surface area contributed by atoms with Crippen molar-refractivity contribution in [2.45, 2.75) is 45.3 Å². The monoisotopic (exact) mass is 219 g/mol. The second-order valence-electron chi connectivity index (χ2n) is 4.84. The van der Waals surface area contributed by atoms with Crippen LogP contribution in [0.15, 0.2) is 18.2 Å². The molecular formula is C14H21NO. The molecular weight excluding hydrogens is 198 g/mol. The average molecular weight is 219 g/mol. The van der Waals surface area contributed by atoms with Gasteiger partial charge in [0.2, 0.25) is 0 Å². The van der Waals surface area contributed by atoms with Crippen LogP contribution in [0.5, 0.6) is 0 Å². The van der Waals surface area contributed by atoms with E-state index >= 15 is 0 Å². The Morgan fingerprint density at radius 3 is 2.88 bits per heavy atom. The van der Waals surface area contributed by atoms with Gasteiger partial charge >= 0.3 is 0 Å². The van der Waals surface area contributed by atoms with Crippen molar-refractivity contribution in [1.29, 1.82) is 0 Å². The van der Waals surface area contributed by atoms with Crippen molar-refractivity contribution < 1.29 is 4.74 Å². The minimum atomic E-state index is 0.115. The first-order valence-corrected chi connectivity index (χ1v) is 6.11. The molecule has 1 heterocycles. The van der Waals surface area contributed by atoms with E-state index < -0.39 is 0 Å². The second kappa shape index (κ2) is 4.98. The highest BCUT2D eigenvalue weighted by molar-refractivity contribution is 5.32. The maximum atomic E-state index is 6.25. The van der Waals surface area contributed by atoms with Crippen molar-refractivity contribution in [3.63, 3.8) is 0 Å². The highest BCUT2D eigenvalue weighted by Crippen LogP contribution is 2.25. The summed E-state index contributed by atoms with van der Waals surface area (Å²) in [6.45, 7) is 5.16. The summed E-state index contributed by atoms with van der Waals surface area (Å²) in [4.78, 5) is 0. The Balaban J connectivity index is 2.04. The largest absolute Gasteiger partial charge is 0.378 e. The first-order chi connectivity index (χ1) is 7.66. The molecule has 0 spiro atoms. The van der Waals surface area contributed by atoms with Gasteiger partial charge in [-0.25, -0.2) is 0 Å². The number of ether oxygens (including phenoxy) is 1. The Hall–Kier alpha value is -0.860. The summed E-state index contributed by atoms with van der Waals surface area (Å²) < 4.78 is 5.63. The van der Waals surface area contributed by atoms with E-state index in [-0.39, 0.29) is 6.04 Å². The molecule has 1 aliphatic rings. The molecule has 0 radical (unpaired) electrons. The summed E-state index contributed by atoms with van der Waals surface area (Å²) in [5.74, 6) is 0. The van der Waals surface area contributed by atoms with Crippen molar-refractivity contribution in [3.8, 4) is 0 Å². The molecule has 0 bridgehead atoms. The van der Waals surface area contributed by atoms with Gasteiger partial charge in [0.05, 0.1) is 6.10 Å². The number of hydrogen-bond acceptors (Lipinski definition) is 2. The van der Waals surface area contributed by atoms with Crippen LogP contribution >= 0.6 is 0 Å². The molecule has 2 heteroatoms. The molecule has 1 saturated heterocycles. The summed E-state index contributed by atoms with van der Waals surface area (Å²) in [6.07, 6.45) is 3.67. The van der Waals surface area contributed by atoms with Crippen LogP contribution in [0.4, 0.5) is 0 Å². The Kier molecular flexibility index (Phi) is 3.62. The minimum Gasteiger partial charge on any atom is -0.378 e. The highest BCUT2D eigenvalue weighted by atomic mass is 16.5. The zero-order chi connectivity index (χ0) is 11.5. The molecule has 88 valence electrons. The third-order valence-electron chi connectivity index (χ3n) is 3.37. The summed E-state index contributed by atoms with van der Waals surface area (Å²) >= 11 is 0. The molecule has 2 unspecified atom stereocenters. The van der Waals surface area contributed by atoms with E-state index in [4.69, 9.17) is 10.5 Å². The number of benzene rings is 1. The topological polar surface area (TPSA) is 35.2 Å². The van der Waals surface area contributed by atoms with E-state index in [1.165, 1.54) is 29.5 Å². The second-order valence-corrected chi connectivity index (χ2v) is 4.84. The van der Waals surface area contributed by atoms with Crippen LogP contribution in [0.1, 0.15) is 42.0 Å². The molecule has 2 atom stereocenters. The molecule has 0 aliphatic carbocycles. The van der Waals surface area contributed by atoms with E-state index in [1.54, 1.807) is 0 Å². The number of hydrogen-bond donors (Lipinski definition) is 1. The number of aryl methyl sites for hydroxylation is 2. The van der Waals surface area contributed by atoms with E-state index in [2.05, 4.69) is 32.0 Å². The lowest BCUT2D eigenvalue weighted by Crippen LogP contribution is -2.19. The number of nitrogens with two attached hydrogens (primary N) is 1. The normalized spacial score (nSPS) is 22.3. The van der Waals surface area contributed by atoms with Gasteiger partial charge in [-0.05, 0) is 44.2 Å². The standard InChI is InChI=1S/C14H21NO/c1-10-5-6-13(11(2)8-10)14(15)9-12-4-3-7-16-12/h5-6,8,12,14H,3-4,7,9,15H2,1-2H3. The van der Waals surface area contributed by atoms with Gasteiger partial charge < -0.3 is 10.5 Å². The van der Waals surface area contributed by atoms with Crippen LogP contribution in [0.25, 0.3) is 0 Å². The maximum Gasteiger partial charge on any atom is 0.0594 e. The Labute approximate surface area is 97.8 Å². The summed E-state index contributed by atoms with van der Waals surface area (Å²) in [5, 5.41) is 0. The molecule has 2 nitrogen and oxygen atoms in total. The van der Waals surface area contributed by atoms with E-state index in [9.17, 15) is 0 Å². The van der Waals surface area contributed by atoms with Crippen molar-refractivity contribution in [3.05, 3.63) is 34.9 Å². The van der Waals surface area contributed by atoms with Gasteiger partial charge in [0.1, 0.15) is 0 Å². The van der Waals surface area contributed by atoms with Crippen LogP contribution in [0.3, 0.4) is 0 Å². The molecule has 2 rings (SSSR count). The van der Waals surface area contributed by atoms with Crippen LogP contribution < -0.4 is 5.73 Å². The molecule has 0 saturated carbocycles. The van der Waals surface area contributed by atoms with Crippen LogP contribution in [0.2, 0.25) is 0 Å². The van der Waals surface area contributed by atoms with E-state index in [0.29, 0.717) is 6.10 Å². The van der Waals surface area contributed by atoms with Gasteiger partial charge in [-0.15, -0.1) is 0 Å². The third kappa shape index (κ3) is 2.63. The quantitative estimate of drug-likeness (QED) is 0.848. The van der Waals surface area contributed by atoms with Crippen LogP contribution in [0, 0.1) is 13.8 Å². The van der Waals surface area contributed by atoms with E-state index in [0.717, 1.165) is 13.0 Å². The summed E-state index contributed by atoms with van der Waals surface area (Å²) in [5.41, 5.74) is 10.1. The predicted octanol–water partition coefficient (Wildman–Crippen LogP) is 2.87. The van der Waals surface area contributed by atoms with Crippen molar-refractivity contribution >= 4 is 0 Å². The average Bonchev–Trinajstić information content (AvgIpc) is 2.70. The summed E-state index contributed by atoms with van der Waals surface area (Å²) in [7, 11) is 0. The fourth-order valence-electron chi connectivity index (χ4n) is 2.48. The third-order valence-corrected chi connectivity index (χ3v) is 3.37. The fraction of sp³-hybridized carbons (Fsp3) is 0.571. The highest BCUT2D eigenvalue weighted by Gasteiger charge is 2.20. The lowest BCUT2D eigenvalue weighted by atomic mass is 9.95. The molecule has 2 N–H and O–H groups in total. The van der Waals surface area contributed by atoms with Gasteiger partial charge in [0.25, 0.3) is 0 Å². The van der Waals surface area contributed by atoms with Gasteiger partial charge in [-0.1, -0.05) is 23.8 Å². The zero-order valence-corrected chi connectivity index (χ0v) is 10.2. The molecule has 1 aliphatic heterocycles. The minimum absolute atomic E-state index is 0.115. The molecule has 1 aromatic rings. The first-order valence-electron chi connectivity index (χ1n) is 6.11. The summed E-state index contributed by atoms with van der Waals surface area (Å²) in [6, 6.07) is 6.61. The van der Waals surface area contributed by atoms with Crippen LogP contribution in [-0.2, 0) is 4.74 Å². The zero-order valence-electron chi connectivity index (χ0n) is 10.2. The SMILES string of the molecule is Cc1ccc(C(N)CC2CCCO2)c(C)c1. The molecule has 1 fully saturated rings. The van der Waals surface area contributed by atoms with Crippen LogP contribution in [-0.4, -0.2) is 12.7 Å². The Bertz CT molecular complexity index is 356. The van der Waals surface area contributed by atoms with Crippen molar-refractivity contribution in [2.75, 3.05) is 6.61 Å². The molecule has 0 amide bonds. The fourth-order valence-corrected chi connectivity index (χ4v) is 2.48. The van der Waals surface area contributed by atoms with Crippen molar-refractivity contribution in [1.82, 2.24) is 0 Å². The molecule has 1 aromatic carbocycles. The predicted molar refractivity (Wildman–Crippen MR) is 66.4 cm³/mol. The lowest BCUT2D eigenvalue weighted by molar-refractivity contribution is 0.0983. The maximum absolute atomic E-state index is 6.25. The van der Waals surface area contributed by atoms with Gasteiger partial charge in [-0.2, -0.15) is 0 Å². The number of rotatable bonds is 3. The lowest BCUT2D eigenvalue weighted by Gasteiger charge is -2.18. The van der Waals surface area contributed by atoms with E-state index in [1.807, 2.05) is 0 Å². The smallest absolute Gasteiger partial charge is 0.0594 e. The molecule has 0 aromatic heterocycles. The van der Waals surface area contributed by atoms with Gasteiger partial charge in [0, 0.05) is 12.6 Å². The van der Waals surface area contributed by atoms with Crippen molar-refractivity contribution in [2.24, 2.45) is 5.73 Å². The van der Waals surface area contributed by atoms with Gasteiger partial charge in [-0.3, -0.25) is 0 Å².